The number of carbonyl (C=O) groups is 1. The predicted molar refractivity (Wildman–Crippen MR) is 130 cm³/mol. The molecule has 1 aliphatic rings. The molecule has 4 rings (SSSR count). The average Bonchev–Trinajstić information content (AvgIpc) is 3.11. The van der Waals surface area contributed by atoms with Crippen molar-refractivity contribution >= 4 is 27.3 Å². The molecule has 0 saturated carbocycles. The van der Waals surface area contributed by atoms with Crippen LogP contribution in [0.4, 0.5) is 0 Å². The van der Waals surface area contributed by atoms with Gasteiger partial charge in [-0.3, -0.25) is 4.79 Å². The number of ether oxygens (including phenoxy) is 3. The SMILES string of the molecule is C=C(C[C@]1(c2cccc(OC)c2)C(=O)Cc2cccc(OC)c21)c1cc(OC)ccc1Br. The monoisotopic (exact) mass is 492 g/mol. The Hall–Kier alpha value is -3.05. The maximum absolute atomic E-state index is 13.8. The molecule has 1 atom stereocenters. The number of methoxy groups -OCH3 is 3. The lowest BCUT2D eigenvalue weighted by molar-refractivity contribution is -0.121. The van der Waals surface area contributed by atoms with Gasteiger partial charge in [0.25, 0.3) is 0 Å². The van der Waals surface area contributed by atoms with Crippen molar-refractivity contribution in [2.75, 3.05) is 21.3 Å². The fourth-order valence-corrected chi connectivity index (χ4v) is 5.17. The fourth-order valence-electron chi connectivity index (χ4n) is 4.64. The van der Waals surface area contributed by atoms with Crippen molar-refractivity contribution in [2.45, 2.75) is 18.3 Å². The van der Waals surface area contributed by atoms with E-state index >= 15 is 0 Å². The topological polar surface area (TPSA) is 44.8 Å². The van der Waals surface area contributed by atoms with E-state index in [1.807, 2.05) is 60.7 Å². The predicted octanol–water partition coefficient (Wildman–Crippen LogP) is 5.99. The van der Waals surface area contributed by atoms with Crippen molar-refractivity contribution in [3.8, 4) is 17.2 Å². The molecule has 0 aromatic heterocycles. The first-order chi connectivity index (χ1) is 15.4. The summed E-state index contributed by atoms with van der Waals surface area (Å²) in [4.78, 5) is 13.8. The second-order valence-electron chi connectivity index (χ2n) is 7.86. The van der Waals surface area contributed by atoms with Gasteiger partial charge < -0.3 is 14.2 Å². The molecule has 32 heavy (non-hydrogen) atoms. The van der Waals surface area contributed by atoms with E-state index in [2.05, 4.69) is 22.5 Å². The van der Waals surface area contributed by atoms with Gasteiger partial charge in [-0.25, -0.2) is 0 Å². The first-order valence-corrected chi connectivity index (χ1v) is 11.1. The molecule has 1 aliphatic carbocycles. The highest BCUT2D eigenvalue weighted by Gasteiger charge is 2.50. The van der Waals surface area contributed by atoms with Gasteiger partial charge in [-0.05, 0) is 65.1 Å². The molecule has 0 radical (unpaired) electrons. The second kappa shape index (κ2) is 8.83. The number of Topliss-reactive ketones (excluding diaryl/α,β-unsaturated/α-hetero) is 1. The number of halogens is 1. The van der Waals surface area contributed by atoms with Gasteiger partial charge in [0.15, 0.2) is 5.78 Å². The molecular weight excluding hydrogens is 468 g/mol. The van der Waals surface area contributed by atoms with Crippen LogP contribution < -0.4 is 14.2 Å². The standard InChI is InChI=1S/C27H25BrO4/c1-17(22-15-21(31-3)11-12-23(22)28)16-27(19-8-6-9-20(14-19)30-2)25(29)13-18-7-5-10-24(32-4)26(18)27/h5-12,14-15H,1,13,16H2,2-4H3/t27-/m0/s1. The van der Waals surface area contributed by atoms with Gasteiger partial charge in [0.1, 0.15) is 17.2 Å². The van der Waals surface area contributed by atoms with Gasteiger partial charge in [-0.2, -0.15) is 0 Å². The molecule has 3 aromatic rings. The fraction of sp³-hybridized carbons (Fsp3) is 0.222. The molecule has 164 valence electrons. The molecule has 0 aliphatic heterocycles. The Morgan fingerprint density at radius 2 is 1.69 bits per heavy atom. The molecule has 0 fully saturated rings. The highest BCUT2D eigenvalue weighted by atomic mass is 79.9. The smallest absolute Gasteiger partial charge is 0.152 e. The van der Waals surface area contributed by atoms with Crippen molar-refractivity contribution in [3.63, 3.8) is 0 Å². The van der Waals surface area contributed by atoms with E-state index in [4.69, 9.17) is 14.2 Å². The molecule has 0 N–H and O–H groups in total. The van der Waals surface area contributed by atoms with Gasteiger partial charge in [0.05, 0.1) is 26.7 Å². The van der Waals surface area contributed by atoms with Crippen molar-refractivity contribution in [1.82, 2.24) is 0 Å². The van der Waals surface area contributed by atoms with Crippen LogP contribution in [0.5, 0.6) is 17.2 Å². The number of fused-ring (bicyclic) bond motifs is 1. The Morgan fingerprint density at radius 3 is 2.41 bits per heavy atom. The molecule has 0 bridgehead atoms. The van der Waals surface area contributed by atoms with Crippen LogP contribution in [-0.2, 0) is 16.6 Å². The van der Waals surface area contributed by atoms with Gasteiger partial charge in [-0.15, -0.1) is 0 Å². The quantitative estimate of drug-likeness (QED) is 0.406. The number of allylic oxidation sites excluding steroid dienone is 1. The van der Waals surface area contributed by atoms with Crippen LogP contribution in [0, 0.1) is 0 Å². The van der Waals surface area contributed by atoms with E-state index in [0.29, 0.717) is 24.3 Å². The number of ketones is 1. The van der Waals surface area contributed by atoms with Crippen molar-refractivity contribution < 1.29 is 19.0 Å². The number of benzene rings is 3. The molecule has 0 amide bonds. The van der Waals surface area contributed by atoms with Crippen LogP contribution in [-0.4, -0.2) is 27.1 Å². The van der Waals surface area contributed by atoms with Crippen molar-refractivity contribution in [1.29, 1.82) is 0 Å². The minimum absolute atomic E-state index is 0.116. The minimum Gasteiger partial charge on any atom is -0.497 e. The molecule has 0 unspecified atom stereocenters. The third kappa shape index (κ3) is 3.61. The van der Waals surface area contributed by atoms with Crippen LogP contribution >= 0.6 is 15.9 Å². The lowest BCUT2D eigenvalue weighted by atomic mass is 9.69. The molecule has 5 heteroatoms. The van der Waals surface area contributed by atoms with Gasteiger partial charge in [0.2, 0.25) is 0 Å². The van der Waals surface area contributed by atoms with E-state index < -0.39 is 5.41 Å². The first-order valence-electron chi connectivity index (χ1n) is 10.3. The van der Waals surface area contributed by atoms with Crippen LogP contribution in [0.1, 0.15) is 28.7 Å². The van der Waals surface area contributed by atoms with Crippen molar-refractivity contribution in [2.24, 2.45) is 0 Å². The van der Waals surface area contributed by atoms with Crippen molar-refractivity contribution in [3.05, 3.63) is 94.0 Å². The summed E-state index contributed by atoms with van der Waals surface area (Å²) >= 11 is 3.64. The van der Waals surface area contributed by atoms with Crippen LogP contribution in [0.3, 0.4) is 0 Å². The molecule has 0 saturated heterocycles. The van der Waals surface area contributed by atoms with Crippen LogP contribution in [0.2, 0.25) is 0 Å². The van der Waals surface area contributed by atoms with Crippen LogP contribution in [0.15, 0.2) is 71.7 Å². The Bertz CT molecular complexity index is 1200. The summed E-state index contributed by atoms with van der Waals surface area (Å²) in [6, 6.07) is 19.3. The maximum Gasteiger partial charge on any atom is 0.152 e. The highest BCUT2D eigenvalue weighted by Crippen LogP contribution is 2.51. The normalized spacial score (nSPS) is 17.1. The van der Waals surface area contributed by atoms with E-state index in [1.165, 1.54) is 0 Å². The lowest BCUT2D eigenvalue weighted by Gasteiger charge is -2.32. The molecule has 0 spiro atoms. The number of hydrogen-bond donors (Lipinski definition) is 0. The number of hydrogen-bond acceptors (Lipinski definition) is 4. The molecule has 0 heterocycles. The largest absolute Gasteiger partial charge is 0.497 e. The van der Waals surface area contributed by atoms with E-state index in [-0.39, 0.29) is 5.78 Å². The third-order valence-electron chi connectivity index (χ3n) is 6.18. The summed E-state index contributed by atoms with van der Waals surface area (Å²) < 4.78 is 17.5. The molecule has 3 aromatic carbocycles. The van der Waals surface area contributed by atoms with Gasteiger partial charge in [-0.1, -0.05) is 46.8 Å². The lowest BCUT2D eigenvalue weighted by Crippen LogP contribution is -2.34. The minimum atomic E-state index is -0.934. The summed E-state index contributed by atoms with van der Waals surface area (Å²) in [6.45, 7) is 4.39. The summed E-state index contributed by atoms with van der Waals surface area (Å²) in [6.07, 6.45) is 0.744. The maximum atomic E-state index is 13.8. The summed E-state index contributed by atoms with van der Waals surface area (Å²) in [5.74, 6) is 2.25. The Labute approximate surface area is 197 Å². The van der Waals surface area contributed by atoms with E-state index in [1.54, 1.807) is 21.3 Å². The first kappa shape index (κ1) is 22.2. The molecular formula is C27H25BrO4. The summed E-state index contributed by atoms with van der Waals surface area (Å²) in [5.41, 5.74) is 3.55. The Balaban J connectivity index is 1.93. The second-order valence-corrected chi connectivity index (χ2v) is 8.71. The van der Waals surface area contributed by atoms with Gasteiger partial charge in [0, 0.05) is 16.5 Å². The zero-order chi connectivity index (χ0) is 22.9. The zero-order valence-corrected chi connectivity index (χ0v) is 20.0. The summed E-state index contributed by atoms with van der Waals surface area (Å²) in [5, 5.41) is 0. The van der Waals surface area contributed by atoms with Gasteiger partial charge >= 0.3 is 0 Å². The Kier molecular flexibility index (Phi) is 6.11. The zero-order valence-electron chi connectivity index (χ0n) is 18.4. The third-order valence-corrected chi connectivity index (χ3v) is 6.87. The summed E-state index contributed by atoms with van der Waals surface area (Å²) in [7, 11) is 4.90. The highest BCUT2D eigenvalue weighted by molar-refractivity contribution is 9.10. The Morgan fingerprint density at radius 1 is 0.969 bits per heavy atom. The van der Waals surface area contributed by atoms with E-state index in [0.717, 1.165) is 38.0 Å². The number of carbonyl (C=O) groups excluding carboxylic acids is 1. The average molecular weight is 493 g/mol. The van der Waals surface area contributed by atoms with E-state index in [9.17, 15) is 4.79 Å². The number of rotatable bonds is 7. The van der Waals surface area contributed by atoms with Crippen LogP contribution in [0.25, 0.3) is 5.57 Å². The molecule has 4 nitrogen and oxygen atoms in total.